The number of esters is 2. The quantitative estimate of drug-likeness (QED) is 0.0208. The number of allylic oxidation sites excluding steroid dienone is 8. The van der Waals surface area contributed by atoms with Crippen LogP contribution in [0.2, 0.25) is 0 Å². The average molecular weight is 785 g/mol. The van der Waals surface area contributed by atoms with Crippen LogP contribution in [0.25, 0.3) is 0 Å². The standard InChI is InChI=1S/C43H78NO9P/c1-6-7-8-9-10-11-12-19-22-25-28-31-34-42(46)50-38-41(39-52-54(48,49)51-37-36-44(3,4)5)53-43(47)35-32-29-26-23-20-17-15-13-14-16-18-21-24-27-30-33-40(2)45/h14-17,21,23-24,26,40-41,45H,6-13,18-20,22,25,27-39H2,1-5H3/p+1/b16-14-,17-15-,24-21-,26-23-/t40-,41+/m0/s1. The van der Waals surface area contributed by atoms with Crippen molar-refractivity contribution in [2.75, 3.05) is 47.5 Å². The third-order valence-electron chi connectivity index (χ3n) is 8.63. The maximum absolute atomic E-state index is 12.6. The topological polar surface area (TPSA) is 129 Å². The highest BCUT2D eigenvalue weighted by molar-refractivity contribution is 7.47. The lowest BCUT2D eigenvalue weighted by Crippen LogP contribution is -2.37. The number of carbonyl (C=O) groups excluding carboxylic acids is 2. The Morgan fingerprint density at radius 2 is 1.13 bits per heavy atom. The molecule has 0 aromatic carbocycles. The van der Waals surface area contributed by atoms with E-state index < -0.39 is 32.5 Å². The molecule has 0 aromatic heterocycles. The molecule has 0 spiro atoms. The van der Waals surface area contributed by atoms with Crippen LogP contribution in [0.1, 0.15) is 155 Å². The van der Waals surface area contributed by atoms with Gasteiger partial charge in [0.25, 0.3) is 0 Å². The first-order valence-corrected chi connectivity index (χ1v) is 22.4. The Labute approximate surface area is 329 Å². The van der Waals surface area contributed by atoms with E-state index in [1.807, 2.05) is 34.1 Å². The van der Waals surface area contributed by atoms with Gasteiger partial charge in [-0.2, -0.15) is 0 Å². The molecule has 0 aliphatic carbocycles. The summed E-state index contributed by atoms with van der Waals surface area (Å²) in [4.78, 5) is 35.2. The molecule has 3 atom stereocenters. The molecule has 1 unspecified atom stereocenters. The molecule has 11 heteroatoms. The van der Waals surface area contributed by atoms with Crippen molar-refractivity contribution in [3.05, 3.63) is 48.6 Å². The van der Waals surface area contributed by atoms with Gasteiger partial charge in [0, 0.05) is 12.8 Å². The second kappa shape index (κ2) is 35.4. The molecule has 0 aliphatic rings. The van der Waals surface area contributed by atoms with E-state index in [2.05, 4.69) is 49.5 Å². The summed E-state index contributed by atoms with van der Waals surface area (Å²) in [6, 6.07) is 0. The normalized spacial score (nSPS) is 14.7. The lowest BCUT2D eigenvalue weighted by Gasteiger charge is -2.24. The number of ether oxygens (including phenoxy) is 2. The van der Waals surface area contributed by atoms with E-state index in [-0.39, 0.29) is 32.2 Å². The molecule has 0 amide bonds. The Bertz CT molecular complexity index is 1080. The van der Waals surface area contributed by atoms with Crippen LogP contribution < -0.4 is 0 Å². The first kappa shape index (κ1) is 51.9. The number of phosphoric ester groups is 1. The third-order valence-corrected chi connectivity index (χ3v) is 9.61. The van der Waals surface area contributed by atoms with E-state index in [1.165, 1.54) is 57.8 Å². The van der Waals surface area contributed by atoms with E-state index in [0.717, 1.165) is 57.8 Å². The van der Waals surface area contributed by atoms with Gasteiger partial charge in [0.1, 0.15) is 19.8 Å². The fraction of sp³-hybridized carbons (Fsp3) is 0.767. The Morgan fingerprint density at radius 1 is 0.648 bits per heavy atom. The smallest absolute Gasteiger partial charge is 0.462 e. The first-order chi connectivity index (χ1) is 25.8. The van der Waals surface area contributed by atoms with E-state index >= 15 is 0 Å². The van der Waals surface area contributed by atoms with Gasteiger partial charge in [0.15, 0.2) is 6.10 Å². The molecule has 2 N–H and O–H groups in total. The molecule has 314 valence electrons. The van der Waals surface area contributed by atoms with E-state index in [0.29, 0.717) is 23.9 Å². The second-order valence-electron chi connectivity index (χ2n) is 15.3. The molecule has 0 bridgehead atoms. The number of rotatable bonds is 37. The summed E-state index contributed by atoms with van der Waals surface area (Å²) in [5, 5.41) is 9.27. The molecule has 0 heterocycles. The van der Waals surface area contributed by atoms with Gasteiger partial charge in [-0.15, -0.1) is 0 Å². The molecule has 0 aromatic rings. The molecule has 0 saturated heterocycles. The van der Waals surface area contributed by atoms with Gasteiger partial charge in [0.05, 0.1) is 33.9 Å². The van der Waals surface area contributed by atoms with Crippen molar-refractivity contribution in [3.63, 3.8) is 0 Å². The summed E-state index contributed by atoms with van der Waals surface area (Å²) in [5.41, 5.74) is 0. The number of phosphoric acid groups is 1. The molecule has 10 nitrogen and oxygen atoms in total. The van der Waals surface area contributed by atoms with Crippen molar-refractivity contribution in [1.29, 1.82) is 0 Å². The highest BCUT2D eigenvalue weighted by Crippen LogP contribution is 2.43. The molecule has 0 rings (SSSR count). The van der Waals surface area contributed by atoms with Crippen molar-refractivity contribution in [3.8, 4) is 0 Å². The highest BCUT2D eigenvalue weighted by Gasteiger charge is 2.27. The van der Waals surface area contributed by atoms with Crippen LogP contribution in [0.3, 0.4) is 0 Å². The summed E-state index contributed by atoms with van der Waals surface area (Å²) in [6.45, 7) is 3.88. The Morgan fingerprint density at radius 3 is 1.65 bits per heavy atom. The van der Waals surface area contributed by atoms with Crippen molar-refractivity contribution in [1.82, 2.24) is 0 Å². The predicted octanol–water partition coefficient (Wildman–Crippen LogP) is 10.5. The summed E-state index contributed by atoms with van der Waals surface area (Å²) in [6.07, 6.45) is 37.2. The van der Waals surface area contributed by atoms with Crippen molar-refractivity contribution in [2.24, 2.45) is 0 Å². The van der Waals surface area contributed by atoms with Gasteiger partial charge in [-0.05, 0) is 64.7 Å². The van der Waals surface area contributed by atoms with E-state index in [9.17, 15) is 24.2 Å². The molecule has 0 radical (unpaired) electrons. The van der Waals surface area contributed by atoms with Gasteiger partial charge in [-0.25, -0.2) is 4.57 Å². The van der Waals surface area contributed by atoms with Crippen LogP contribution in [0.15, 0.2) is 48.6 Å². The molecular weight excluding hydrogens is 705 g/mol. The zero-order valence-corrected chi connectivity index (χ0v) is 35.7. The fourth-order valence-corrected chi connectivity index (χ4v) is 6.06. The molecule has 0 fully saturated rings. The van der Waals surface area contributed by atoms with Crippen LogP contribution >= 0.6 is 7.82 Å². The van der Waals surface area contributed by atoms with Crippen LogP contribution in [-0.4, -0.2) is 86.1 Å². The lowest BCUT2D eigenvalue weighted by atomic mass is 10.0. The van der Waals surface area contributed by atoms with Crippen molar-refractivity contribution < 1.29 is 47.2 Å². The molecular formula is C43H79NO9P+. The number of unbranched alkanes of at least 4 members (excludes halogenated alkanes) is 13. The Kier molecular flexibility index (Phi) is 34.0. The van der Waals surface area contributed by atoms with Gasteiger partial charge < -0.3 is 24.0 Å². The van der Waals surface area contributed by atoms with E-state index in [4.69, 9.17) is 18.5 Å². The van der Waals surface area contributed by atoms with Gasteiger partial charge >= 0.3 is 19.8 Å². The number of hydrogen-bond donors (Lipinski definition) is 2. The van der Waals surface area contributed by atoms with Crippen LogP contribution in [-0.2, 0) is 32.7 Å². The number of nitrogens with zero attached hydrogens (tertiary/aromatic N) is 1. The number of carbonyl (C=O) groups is 2. The van der Waals surface area contributed by atoms with Crippen molar-refractivity contribution >= 4 is 19.8 Å². The minimum atomic E-state index is -4.39. The maximum Gasteiger partial charge on any atom is 0.472 e. The zero-order chi connectivity index (χ0) is 40.2. The highest BCUT2D eigenvalue weighted by atomic mass is 31.2. The minimum Gasteiger partial charge on any atom is -0.462 e. The lowest BCUT2D eigenvalue weighted by molar-refractivity contribution is -0.870. The molecule has 0 saturated carbocycles. The second-order valence-corrected chi connectivity index (χ2v) is 16.8. The van der Waals surface area contributed by atoms with Crippen molar-refractivity contribution in [2.45, 2.75) is 167 Å². The Hall–Kier alpha value is -2.07. The minimum absolute atomic E-state index is 0.0152. The number of quaternary nitrogens is 1. The number of hydrogen-bond acceptors (Lipinski definition) is 8. The van der Waals surface area contributed by atoms with Gasteiger partial charge in [-0.3, -0.25) is 18.6 Å². The van der Waals surface area contributed by atoms with Gasteiger partial charge in [-0.1, -0.05) is 126 Å². The van der Waals surface area contributed by atoms with Crippen LogP contribution in [0, 0.1) is 0 Å². The Balaban J connectivity index is 4.50. The fourth-order valence-electron chi connectivity index (χ4n) is 5.32. The summed E-state index contributed by atoms with van der Waals surface area (Å²) < 4.78 is 34.1. The van der Waals surface area contributed by atoms with Crippen LogP contribution in [0.5, 0.6) is 0 Å². The zero-order valence-electron chi connectivity index (χ0n) is 34.8. The maximum atomic E-state index is 12.6. The average Bonchev–Trinajstić information content (AvgIpc) is 3.10. The van der Waals surface area contributed by atoms with Gasteiger partial charge in [0.2, 0.25) is 0 Å². The third kappa shape index (κ3) is 39.6. The van der Waals surface area contributed by atoms with E-state index in [1.54, 1.807) is 0 Å². The number of aliphatic hydroxyl groups excluding tert-OH is 1. The molecule has 0 aliphatic heterocycles. The monoisotopic (exact) mass is 785 g/mol. The number of likely N-dealkylation sites (N-methyl/N-ethyl adjacent to an activating group) is 1. The predicted molar refractivity (Wildman–Crippen MR) is 221 cm³/mol. The van der Waals surface area contributed by atoms with Crippen LogP contribution in [0.4, 0.5) is 0 Å². The largest absolute Gasteiger partial charge is 0.472 e. The first-order valence-electron chi connectivity index (χ1n) is 20.9. The summed E-state index contributed by atoms with van der Waals surface area (Å²) in [7, 11) is 1.42. The molecule has 54 heavy (non-hydrogen) atoms. The SMILES string of the molecule is CCCCCCCCCCCCCCC(=O)OC[C@H](COP(=O)(O)OCC[N+](C)(C)C)OC(=O)CCC/C=C\C/C=C\C/C=C\C/C=C\CCC[C@H](C)O. The number of aliphatic hydroxyl groups is 1. The summed E-state index contributed by atoms with van der Waals surface area (Å²) >= 11 is 0. The summed E-state index contributed by atoms with van der Waals surface area (Å²) in [5.74, 6) is -0.883.